The number of non-ortho nitro benzene ring substituents is 1. The number of benzene rings is 1. The van der Waals surface area contributed by atoms with E-state index >= 15 is 0 Å². The number of amides is 1. The van der Waals surface area contributed by atoms with Gasteiger partial charge in [0.25, 0.3) is 11.6 Å². The third-order valence-electron chi connectivity index (χ3n) is 3.33. The van der Waals surface area contributed by atoms with E-state index in [1.807, 2.05) is 0 Å². The molecule has 0 saturated heterocycles. The molecule has 0 aliphatic heterocycles. The summed E-state index contributed by atoms with van der Waals surface area (Å²) >= 11 is 5.90. The molecule has 2 aromatic rings. The third-order valence-corrected chi connectivity index (χ3v) is 3.64. The quantitative estimate of drug-likeness (QED) is 0.635. The number of nitrogens with one attached hydrogen (secondary N) is 1. The van der Waals surface area contributed by atoms with E-state index in [2.05, 4.69) is 10.4 Å². The first-order valence-electron chi connectivity index (χ1n) is 6.64. The Morgan fingerprint density at radius 1 is 1.57 bits per heavy atom. The van der Waals surface area contributed by atoms with E-state index in [-0.39, 0.29) is 22.8 Å². The van der Waals surface area contributed by atoms with E-state index in [0.29, 0.717) is 5.56 Å². The van der Waals surface area contributed by atoms with Crippen LogP contribution in [0.1, 0.15) is 22.8 Å². The fraction of sp³-hybridized carbons (Fsp3) is 0.286. The molecule has 0 aliphatic rings. The number of nitro benzene ring substituents is 1. The molecule has 0 aliphatic carbocycles. The largest absolute Gasteiger partial charge is 0.383 e. The predicted molar refractivity (Wildman–Crippen MR) is 83.2 cm³/mol. The lowest BCUT2D eigenvalue weighted by Gasteiger charge is -2.22. The minimum atomic E-state index is -1.31. The first-order valence-corrected chi connectivity index (χ1v) is 7.02. The zero-order valence-electron chi connectivity index (χ0n) is 12.5. The highest BCUT2D eigenvalue weighted by Gasteiger charge is 2.26. The fourth-order valence-electron chi connectivity index (χ4n) is 1.95. The summed E-state index contributed by atoms with van der Waals surface area (Å²) in [4.78, 5) is 22.2. The standard InChI is InChI=1S/C14H15ClN4O4/c1-14(21,9-6-17-18(2)7-9)8-16-13(20)11-4-3-10(19(22)23)5-12(11)15/h3-7,21H,8H2,1-2H3,(H,16,20). The highest BCUT2D eigenvalue weighted by atomic mass is 35.5. The van der Waals surface area contributed by atoms with Crippen LogP contribution in [0, 0.1) is 10.1 Å². The lowest BCUT2D eigenvalue weighted by molar-refractivity contribution is -0.384. The van der Waals surface area contributed by atoms with Gasteiger partial charge in [0.15, 0.2) is 0 Å². The summed E-state index contributed by atoms with van der Waals surface area (Å²) in [6.45, 7) is 1.48. The monoisotopic (exact) mass is 338 g/mol. The Morgan fingerprint density at radius 3 is 2.78 bits per heavy atom. The number of hydrogen-bond acceptors (Lipinski definition) is 5. The molecule has 1 atom stereocenters. The number of aryl methyl sites for hydroxylation is 1. The fourth-order valence-corrected chi connectivity index (χ4v) is 2.21. The van der Waals surface area contributed by atoms with Crippen LogP contribution in [0.5, 0.6) is 0 Å². The number of nitrogens with zero attached hydrogens (tertiary/aromatic N) is 3. The normalized spacial score (nSPS) is 13.4. The van der Waals surface area contributed by atoms with E-state index in [4.69, 9.17) is 11.6 Å². The van der Waals surface area contributed by atoms with E-state index in [1.54, 1.807) is 24.9 Å². The van der Waals surface area contributed by atoms with E-state index in [9.17, 15) is 20.0 Å². The van der Waals surface area contributed by atoms with Crippen LogP contribution in [-0.4, -0.2) is 32.3 Å². The van der Waals surface area contributed by atoms with Crippen LogP contribution in [0.4, 0.5) is 5.69 Å². The van der Waals surface area contributed by atoms with E-state index in [0.717, 1.165) is 6.07 Å². The van der Waals surface area contributed by atoms with Gasteiger partial charge in [-0.25, -0.2) is 0 Å². The van der Waals surface area contributed by atoms with Crippen LogP contribution in [0.3, 0.4) is 0 Å². The Hall–Kier alpha value is -2.45. The van der Waals surface area contributed by atoms with Gasteiger partial charge in [0.1, 0.15) is 5.60 Å². The minimum absolute atomic E-state index is 0.0299. The Kier molecular flexibility index (Phi) is 4.67. The molecular formula is C14H15ClN4O4. The maximum atomic E-state index is 12.1. The van der Waals surface area contributed by atoms with E-state index < -0.39 is 16.4 Å². The van der Waals surface area contributed by atoms with Crippen molar-refractivity contribution in [2.24, 2.45) is 7.05 Å². The number of hydrogen-bond donors (Lipinski definition) is 2. The molecule has 1 aromatic heterocycles. The maximum absolute atomic E-state index is 12.1. The SMILES string of the molecule is Cn1cc(C(C)(O)CNC(=O)c2ccc([N+](=O)[O-])cc2Cl)cn1. The lowest BCUT2D eigenvalue weighted by Crippen LogP contribution is -2.38. The third kappa shape index (κ3) is 3.85. The molecule has 1 unspecified atom stereocenters. The molecule has 0 spiro atoms. The molecule has 0 saturated carbocycles. The van der Waals surface area contributed by atoms with Crippen LogP contribution >= 0.6 is 11.6 Å². The predicted octanol–water partition coefficient (Wildman–Crippen LogP) is 1.62. The molecule has 122 valence electrons. The minimum Gasteiger partial charge on any atom is -0.383 e. The van der Waals surface area contributed by atoms with Crippen LogP contribution in [-0.2, 0) is 12.6 Å². The molecule has 1 amide bonds. The Labute approximate surface area is 136 Å². The van der Waals surface area contributed by atoms with Crippen molar-refractivity contribution >= 4 is 23.2 Å². The number of carbonyl (C=O) groups is 1. The second kappa shape index (κ2) is 6.35. The Balaban J connectivity index is 2.09. The molecule has 0 fully saturated rings. The van der Waals surface area contributed by atoms with Gasteiger partial charge in [0, 0.05) is 30.9 Å². The van der Waals surface area contributed by atoms with Gasteiger partial charge in [0.2, 0.25) is 0 Å². The molecule has 2 rings (SSSR count). The van der Waals surface area contributed by atoms with E-state index in [1.165, 1.54) is 18.3 Å². The van der Waals surface area contributed by atoms with Crippen molar-refractivity contribution < 1.29 is 14.8 Å². The number of carbonyl (C=O) groups excluding carboxylic acids is 1. The topological polar surface area (TPSA) is 110 Å². The number of nitro groups is 1. The van der Waals surface area contributed by atoms with Gasteiger partial charge in [0.05, 0.1) is 28.3 Å². The van der Waals surface area contributed by atoms with Crippen molar-refractivity contribution in [2.45, 2.75) is 12.5 Å². The molecule has 8 nitrogen and oxygen atoms in total. The highest BCUT2D eigenvalue weighted by molar-refractivity contribution is 6.34. The molecule has 0 bridgehead atoms. The molecule has 1 aromatic carbocycles. The van der Waals surface area contributed by atoms with Crippen LogP contribution in [0.2, 0.25) is 5.02 Å². The molecule has 0 radical (unpaired) electrons. The molecule has 1 heterocycles. The number of aliphatic hydroxyl groups is 1. The first-order chi connectivity index (χ1) is 10.7. The summed E-state index contributed by atoms with van der Waals surface area (Å²) in [5.74, 6) is -0.533. The van der Waals surface area contributed by atoms with Crippen molar-refractivity contribution in [3.8, 4) is 0 Å². The number of halogens is 1. The zero-order valence-corrected chi connectivity index (χ0v) is 13.2. The highest BCUT2D eigenvalue weighted by Crippen LogP contribution is 2.23. The van der Waals surface area contributed by atoms with Crippen molar-refractivity contribution in [1.29, 1.82) is 0 Å². The van der Waals surface area contributed by atoms with Crippen LogP contribution < -0.4 is 5.32 Å². The average Bonchev–Trinajstić information content (AvgIpc) is 2.92. The zero-order chi connectivity index (χ0) is 17.2. The molecule has 2 N–H and O–H groups in total. The summed E-state index contributed by atoms with van der Waals surface area (Å²) in [7, 11) is 1.72. The smallest absolute Gasteiger partial charge is 0.270 e. The lowest BCUT2D eigenvalue weighted by atomic mass is 9.99. The van der Waals surface area contributed by atoms with Crippen molar-refractivity contribution in [1.82, 2.24) is 15.1 Å². The summed E-state index contributed by atoms with van der Waals surface area (Å²) in [5, 5.41) is 27.5. The second-order valence-corrected chi connectivity index (χ2v) is 5.69. The molecule has 9 heteroatoms. The average molecular weight is 339 g/mol. The summed E-state index contributed by atoms with van der Waals surface area (Å²) < 4.78 is 1.54. The van der Waals surface area contributed by atoms with Gasteiger partial charge in [-0.3, -0.25) is 19.6 Å². The van der Waals surface area contributed by atoms with Crippen molar-refractivity contribution in [3.05, 3.63) is 56.9 Å². The summed E-state index contributed by atoms with van der Waals surface area (Å²) in [6, 6.07) is 3.57. The van der Waals surface area contributed by atoms with Gasteiger partial charge in [-0.2, -0.15) is 5.10 Å². The molecular weight excluding hydrogens is 324 g/mol. The Bertz CT molecular complexity index is 757. The first kappa shape index (κ1) is 16.9. The van der Waals surface area contributed by atoms with Gasteiger partial charge >= 0.3 is 0 Å². The maximum Gasteiger partial charge on any atom is 0.270 e. The van der Waals surface area contributed by atoms with Crippen LogP contribution in [0.25, 0.3) is 0 Å². The van der Waals surface area contributed by atoms with Crippen LogP contribution in [0.15, 0.2) is 30.6 Å². The summed E-state index contributed by atoms with van der Waals surface area (Å²) in [6.07, 6.45) is 3.15. The van der Waals surface area contributed by atoms with Gasteiger partial charge in [-0.05, 0) is 13.0 Å². The number of aromatic nitrogens is 2. The van der Waals surface area contributed by atoms with Gasteiger partial charge < -0.3 is 10.4 Å². The summed E-state index contributed by atoms with van der Waals surface area (Å²) in [5.41, 5.74) is -0.861. The molecule has 23 heavy (non-hydrogen) atoms. The number of rotatable bonds is 5. The Morgan fingerprint density at radius 2 is 2.26 bits per heavy atom. The van der Waals surface area contributed by atoms with Crippen molar-refractivity contribution in [2.75, 3.05) is 6.54 Å². The second-order valence-electron chi connectivity index (χ2n) is 5.28. The van der Waals surface area contributed by atoms with Gasteiger partial charge in [-0.15, -0.1) is 0 Å². The van der Waals surface area contributed by atoms with Gasteiger partial charge in [-0.1, -0.05) is 11.6 Å². The van der Waals surface area contributed by atoms with Crippen molar-refractivity contribution in [3.63, 3.8) is 0 Å².